The van der Waals surface area contributed by atoms with Gasteiger partial charge in [0.2, 0.25) is 0 Å². The lowest BCUT2D eigenvalue weighted by Gasteiger charge is -2.23. The standard InChI is InChI=1S/C13H22N2O2/c1-10(2)15-9-12(8-14-15)13(16)7-11-3-5-17-6-4-11/h8-11,13,16H,3-7H2,1-2H3. The average Bonchev–Trinajstić information content (AvgIpc) is 2.79. The molecule has 1 unspecified atom stereocenters. The van der Waals surface area contributed by atoms with E-state index < -0.39 is 0 Å². The van der Waals surface area contributed by atoms with Gasteiger partial charge in [-0.2, -0.15) is 5.10 Å². The first kappa shape index (κ1) is 12.6. The zero-order valence-corrected chi connectivity index (χ0v) is 10.7. The normalized spacial score (nSPS) is 19.8. The molecular formula is C13H22N2O2. The van der Waals surface area contributed by atoms with E-state index in [0.717, 1.165) is 38.0 Å². The van der Waals surface area contributed by atoms with Crippen LogP contribution in [0.15, 0.2) is 12.4 Å². The third kappa shape index (κ3) is 3.30. The van der Waals surface area contributed by atoms with Crippen LogP contribution in [-0.4, -0.2) is 28.1 Å². The molecule has 0 spiro atoms. The molecule has 1 aliphatic rings. The summed E-state index contributed by atoms with van der Waals surface area (Å²) in [7, 11) is 0. The zero-order chi connectivity index (χ0) is 12.3. The fraction of sp³-hybridized carbons (Fsp3) is 0.769. The molecule has 1 atom stereocenters. The Morgan fingerprint density at radius 3 is 2.76 bits per heavy atom. The Morgan fingerprint density at radius 1 is 1.47 bits per heavy atom. The van der Waals surface area contributed by atoms with E-state index in [1.54, 1.807) is 6.20 Å². The Morgan fingerprint density at radius 2 is 2.18 bits per heavy atom. The Labute approximate surface area is 103 Å². The van der Waals surface area contributed by atoms with Gasteiger partial charge in [-0.3, -0.25) is 4.68 Å². The molecule has 0 amide bonds. The van der Waals surface area contributed by atoms with Crippen LogP contribution in [0.4, 0.5) is 0 Å². The van der Waals surface area contributed by atoms with E-state index in [1.165, 1.54) is 0 Å². The van der Waals surface area contributed by atoms with Gasteiger partial charge >= 0.3 is 0 Å². The summed E-state index contributed by atoms with van der Waals surface area (Å²) in [6.45, 7) is 5.84. The van der Waals surface area contributed by atoms with Gasteiger partial charge in [0, 0.05) is 31.0 Å². The number of aliphatic hydroxyl groups excluding tert-OH is 1. The topological polar surface area (TPSA) is 47.3 Å². The minimum absolute atomic E-state index is 0.346. The van der Waals surface area contributed by atoms with Crippen molar-refractivity contribution in [1.82, 2.24) is 9.78 Å². The highest BCUT2D eigenvalue weighted by Gasteiger charge is 2.20. The molecule has 17 heavy (non-hydrogen) atoms. The Bertz CT molecular complexity index is 343. The van der Waals surface area contributed by atoms with Crippen LogP contribution >= 0.6 is 0 Å². The van der Waals surface area contributed by atoms with Gasteiger partial charge in [0.05, 0.1) is 12.3 Å². The number of aliphatic hydroxyl groups is 1. The van der Waals surface area contributed by atoms with Crippen molar-refractivity contribution in [2.24, 2.45) is 5.92 Å². The lowest BCUT2D eigenvalue weighted by Crippen LogP contribution is -2.17. The van der Waals surface area contributed by atoms with E-state index in [9.17, 15) is 5.11 Å². The van der Waals surface area contributed by atoms with E-state index in [4.69, 9.17) is 4.74 Å². The Balaban J connectivity index is 1.91. The molecule has 1 aliphatic heterocycles. The molecule has 1 aromatic rings. The van der Waals surface area contributed by atoms with Crippen molar-refractivity contribution in [3.63, 3.8) is 0 Å². The van der Waals surface area contributed by atoms with Crippen molar-refractivity contribution in [1.29, 1.82) is 0 Å². The highest BCUT2D eigenvalue weighted by Crippen LogP contribution is 2.27. The second-order valence-corrected chi connectivity index (χ2v) is 5.15. The minimum Gasteiger partial charge on any atom is -0.388 e. The molecule has 1 fully saturated rings. The van der Waals surface area contributed by atoms with Crippen molar-refractivity contribution < 1.29 is 9.84 Å². The van der Waals surface area contributed by atoms with Crippen LogP contribution in [0.1, 0.15) is 50.8 Å². The summed E-state index contributed by atoms with van der Waals surface area (Å²) in [5, 5.41) is 14.4. The first-order valence-corrected chi connectivity index (χ1v) is 6.46. The monoisotopic (exact) mass is 238 g/mol. The number of hydrogen-bond acceptors (Lipinski definition) is 3. The molecule has 0 radical (unpaired) electrons. The number of nitrogens with zero attached hydrogens (tertiary/aromatic N) is 2. The van der Waals surface area contributed by atoms with Gasteiger partial charge < -0.3 is 9.84 Å². The largest absolute Gasteiger partial charge is 0.388 e. The van der Waals surface area contributed by atoms with Crippen molar-refractivity contribution in [2.45, 2.75) is 45.3 Å². The summed E-state index contributed by atoms with van der Waals surface area (Å²) in [6, 6.07) is 0.346. The zero-order valence-electron chi connectivity index (χ0n) is 10.7. The predicted octanol–water partition coefficient (Wildman–Crippen LogP) is 2.31. The van der Waals surface area contributed by atoms with Gasteiger partial charge in [0.15, 0.2) is 0 Å². The van der Waals surface area contributed by atoms with Crippen LogP contribution in [0.5, 0.6) is 0 Å². The Kier molecular flexibility index (Phi) is 4.18. The summed E-state index contributed by atoms with van der Waals surface area (Å²) < 4.78 is 7.22. The number of hydrogen-bond donors (Lipinski definition) is 1. The second-order valence-electron chi connectivity index (χ2n) is 5.15. The molecule has 96 valence electrons. The summed E-state index contributed by atoms with van der Waals surface area (Å²) in [5.41, 5.74) is 0.935. The molecule has 0 saturated carbocycles. The van der Waals surface area contributed by atoms with Crippen LogP contribution < -0.4 is 0 Å². The summed E-state index contributed by atoms with van der Waals surface area (Å²) >= 11 is 0. The average molecular weight is 238 g/mol. The van der Waals surface area contributed by atoms with Gasteiger partial charge in [-0.1, -0.05) is 0 Å². The van der Waals surface area contributed by atoms with Crippen molar-refractivity contribution >= 4 is 0 Å². The van der Waals surface area contributed by atoms with Crippen molar-refractivity contribution in [3.8, 4) is 0 Å². The Hall–Kier alpha value is -0.870. The van der Waals surface area contributed by atoms with E-state index in [0.29, 0.717) is 12.0 Å². The first-order valence-electron chi connectivity index (χ1n) is 6.46. The SMILES string of the molecule is CC(C)n1cc(C(O)CC2CCOCC2)cn1. The fourth-order valence-corrected chi connectivity index (χ4v) is 2.24. The van der Waals surface area contributed by atoms with Crippen LogP contribution in [0.3, 0.4) is 0 Å². The van der Waals surface area contributed by atoms with Crippen LogP contribution in [-0.2, 0) is 4.74 Å². The molecule has 1 saturated heterocycles. The maximum atomic E-state index is 10.2. The summed E-state index contributed by atoms with van der Waals surface area (Å²) in [6.07, 6.45) is 6.31. The lowest BCUT2D eigenvalue weighted by atomic mass is 9.92. The molecular weight excluding hydrogens is 216 g/mol. The smallest absolute Gasteiger partial charge is 0.0823 e. The molecule has 4 nitrogen and oxygen atoms in total. The lowest BCUT2D eigenvalue weighted by molar-refractivity contribution is 0.0435. The van der Waals surface area contributed by atoms with Gasteiger partial charge in [-0.05, 0) is 39.0 Å². The van der Waals surface area contributed by atoms with Crippen LogP contribution in [0.2, 0.25) is 0 Å². The third-order valence-electron chi connectivity index (χ3n) is 3.43. The van der Waals surface area contributed by atoms with Gasteiger partial charge in [0.1, 0.15) is 0 Å². The highest BCUT2D eigenvalue weighted by atomic mass is 16.5. The van der Waals surface area contributed by atoms with Crippen molar-refractivity contribution in [2.75, 3.05) is 13.2 Å². The summed E-state index contributed by atoms with van der Waals surface area (Å²) in [5.74, 6) is 0.584. The molecule has 1 aromatic heterocycles. The van der Waals surface area contributed by atoms with E-state index in [2.05, 4.69) is 18.9 Å². The second kappa shape index (κ2) is 5.65. The summed E-state index contributed by atoms with van der Waals surface area (Å²) in [4.78, 5) is 0. The minimum atomic E-state index is -0.384. The van der Waals surface area contributed by atoms with Crippen LogP contribution in [0.25, 0.3) is 0 Å². The predicted molar refractivity (Wildman–Crippen MR) is 65.7 cm³/mol. The fourth-order valence-electron chi connectivity index (χ4n) is 2.24. The third-order valence-corrected chi connectivity index (χ3v) is 3.43. The van der Waals surface area contributed by atoms with Gasteiger partial charge in [-0.15, -0.1) is 0 Å². The maximum Gasteiger partial charge on any atom is 0.0823 e. The molecule has 4 heteroatoms. The molecule has 2 rings (SSSR count). The number of aromatic nitrogens is 2. The molecule has 0 aliphatic carbocycles. The van der Waals surface area contributed by atoms with Gasteiger partial charge in [-0.25, -0.2) is 0 Å². The number of ether oxygens (including phenoxy) is 1. The van der Waals surface area contributed by atoms with Crippen LogP contribution in [0, 0.1) is 5.92 Å². The quantitative estimate of drug-likeness (QED) is 0.875. The van der Waals surface area contributed by atoms with Gasteiger partial charge in [0.25, 0.3) is 0 Å². The first-order chi connectivity index (χ1) is 8.16. The van der Waals surface area contributed by atoms with Crippen molar-refractivity contribution in [3.05, 3.63) is 18.0 Å². The molecule has 1 N–H and O–H groups in total. The highest BCUT2D eigenvalue weighted by molar-refractivity contribution is 5.08. The van der Waals surface area contributed by atoms with E-state index in [1.807, 2.05) is 10.9 Å². The molecule has 0 bridgehead atoms. The van der Waals surface area contributed by atoms with E-state index >= 15 is 0 Å². The molecule has 2 heterocycles. The number of rotatable bonds is 4. The maximum absolute atomic E-state index is 10.2. The van der Waals surface area contributed by atoms with E-state index in [-0.39, 0.29) is 6.10 Å². The molecule has 0 aromatic carbocycles.